The minimum absolute atomic E-state index is 0.150. The second-order valence-electron chi connectivity index (χ2n) is 6.16. The Bertz CT molecular complexity index is 796. The van der Waals surface area contributed by atoms with Crippen LogP contribution in [0.15, 0.2) is 48.5 Å². The van der Waals surface area contributed by atoms with E-state index in [0.29, 0.717) is 35.2 Å². The molecule has 0 radical (unpaired) electrons. The zero-order valence-electron chi connectivity index (χ0n) is 14.8. The van der Waals surface area contributed by atoms with E-state index < -0.39 is 0 Å². The van der Waals surface area contributed by atoms with Crippen molar-refractivity contribution in [2.24, 2.45) is 0 Å². The molecule has 2 aromatic rings. The first-order valence-electron chi connectivity index (χ1n) is 8.61. The molecule has 1 heterocycles. The minimum Gasteiger partial charge on any atom is -0.375 e. The Labute approximate surface area is 162 Å². The zero-order valence-corrected chi connectivity index (χ0v) is 15.5. The molecule has 1 fully saturated rings. The Morgan fingerprint density at radius 2 is 1.48 bits per heavy atom. The molecule has 0 saturated carbocycles. The lowest BCUT2D eigenvalue weighted by Gasteiger charge is -2.29. The molecule has 27 heavy (non-hydrogen) atoms. The first-order chi connectivity index (χ1) is 13.0. The molecule has 0 bridgehead atoms. The molecule has 3 amide bonds. The third kappa shape index (κ3) is 5.43. The number of carbonyl (C=O) groups is 2. The van der Waals surface area contributed by atoms with E-state index in [-0.39, 0.29) is 24.1 Å². The second kappa shape index (κ2) is 8.85. The summed E-state index contributed by atoms with van der Waals surface area (Å²) in [7, 11) is 0. The van der Waals surface area contributed by atoms with Gasteiger partial charge in [0.25, 0.3) is 0 Å². The fourth-order valence-electron chi connectivity index (χ4n) is 2.71. The van der Waals surface area contributed by atoms with E-state index in [0.717, 1.165) is 0 Å². The number of nitrogens with one attached hydrogen (secondary N) is 4. The normalized spacial score (nSPS) is 19.2. The van der Waals surface area contributed by atoms with Crippen LogP contribution in [0, 0.1) is 0 Å². The summed E-state index contributed by atoms with van der Waals surface area (Å²) < 4.78 is 5.48. The quantitative estimate of drug-likeness (QED) is 0.646. The SMILES string of the molecule is C[C@H]1OCCN[C@@H]1C(=O)Nc1ccc(NC(=O)Nc2ccc(Cl)cc2)cc1. The van der Waals surface area contributed by atoms with Crippen LogP contribution in [0.4, 0.5) is 21.9 Å². The van der Waals surface area contributed by atoms with E-state index >= 15 is 0 Å². The lowest BCUT2D eigenvalue weighted by atomic mass is 10.1. The minimum atomic E-state index is -0.387. The number of rotatable bonds is 4. The van der Waals surface area contributed by atoms with Crippen LogP contribution in [0.1, 0.15) is 6.92 Å². The fourth-order valence-corrected chi connectivity index (χ4v) is 2.84. The van der Waals surface area contributed by atoms with Crippen molar-refractivity contribution in [2.75, 3.05) is 29.1 Å². The second-order valence-corrected chi connectivity index (χ2v) is 6.60. The topological polar surface area (TPSA) is 91.5 Å². The highest BCUT2D eigenvalue weighted by atomic mass is 35.5. The Morgan fingerprint density at radius 1 is 0.963 bits per heavy atom. The Balaban J connectivity index is 1.52. The van der Waals surface area contributed by atoms with E-state index in [1.807, 2.05) is 6.92 Å². The van der Waals surface area contributed by atoms with Gasteiger partial charge in [-0.2, -0.15) is 0 Å². The molecule has 1 aliphatic heterocycles. The lowest BCUT2D eigenvalue weighted by Crippen LogP contribution is -2.53. The van der Waals surface area contributed by atoms with Crippen LogP contribution >= 0.6 is 11.6 Å². The Kier molecular flexibility index (Phi) is 6.28. The van der Waals surface area contributed by atoms with Crippen molar-refractivity contribution < 1.29 is 14.3 Å². The predicted molar refractivity (Wildman–Crippen MR) is 106 cm³/mol. The van der Waals surface area contributed by atoms with Crippen LogP contribution in [0.3, 0.4) is 0 Å². The van der Waals surface area contributed by atoms with Crippen LogP contribution in [-0.4, -0.2) is 37.2 Å². The maximum absolute atomic E-state index is 12.3. The molecule has 0 unspecified atom stereocenters. The molecular weight excluding hydrogens is 368 g/mol. The number of carbonyl (C=O) groups excluding carboxylic acids is 2. The van der Waals surface area contributed by atoms with Crippen molar-refractivity contribution in [3.8, 4) is 0 Å². The van der Waals surface area contributed by atoms with Crippen LogP contribution in [0.2, 0.25) is 5.02 Å². The van der Waals surface area contributed by atoms with E-state index in [1.165, 1.54) is 0 Å². The van der Waals surface area contributed by atoms with Crippen molar-refractivity contribution in [1.29, 1.82) is 0 Å². The number of hydrogen-bond acceptors (Lipinski definition) is 4. The third-order valence-electron chi connectivity index (χ3n) is 4.11. The van der Waals surface area contributed by atoms with E-state index in [2.05, 4.69) is 21.3 Å². The molecule has 7 nitrogen and oxygen atoms in total. The first kappa shape index (κ1) is 19.2. The number of anilines is 3. The number of hydrogen-bond donors (Lipinski definition) is 4. The maximum Gasteiger partial charge on any atom is 0.323 e. The summed E-state index contributed by atoms with van der Waals surface area (Å²) in [5.41, 5.74) is 1.88. The molecule has 2 atom stereocenters. The number of ether oxygens (including phenoxy) is 1. The number of amides is 3. The lowest BCUT2D eigenvalue weighted by molar-refractivity contribution is -0.123. The highest BCUT2D eigenvalue weighted by molar-refractivity contribution is 6.30. The Morgan fingerprint density at radius 3 is 2.04 bits per heavy atom. The first-order valence-corrected chi connectivity index (χ1v) is 8.98. The molecule has 0 aliphatic carbocycles. The average Bonchev–Trinajstić information content (AvgIpc) is 2.65. The van der Waals surface area contributed by atoms with Gasteiger partial charge in [-0.05, 0) is 55.5 Å². The van der Waals surface area contributed by atoms with Gasteiger partial charge in [0.15, 0.2) is 0 Å². The van der Waals surface area contributed by atoms with Gasteiger partial charge in [-0.3, -0.25) is 4.79 Å². The molecule has 4 N–H and O–H groups in total. The van der Waals surface area contributed by atoms with Crippen LogP contribution in [-0.2, 0) is 9.53 Å². The molecule has 0 aromatic heterocycles. The van der Waals surface area contributed by atoms with Crippen molar-refractivity contribution in [2.45, 2.75) is 19.1 Å². The van der Waals surface area contributed by atoms with Crippen molar-refractivity contribution in [3.05, 3.63) is 53.6 Å². The summed E-state index contributed by atoms with van der Waals surface area (Å²) in [6.45, 7) is 3.11. The van der Waals surface area contributed by atoms with Gasteiger partial charge >= 0.3 is 6.03 Å². The van der Waals surface area contributed by atoms with Crippen LogP contribution in [0.5, 0.6) is 0 Å². The summed E-state index contributed by atoms with van der Waals surface area (Å²) in [5, 5.41) is 12.0. The van der Waals surface area contributed by atoms with Gasteiger partial charge in [0, 0.05) is 28.6 Å². The predicted octanol–water partition coefficient (Wildman–Crippen LogP) is 3.30. The highest BCUT2D eigenvalue weighted by Crippen LogP contribution is 2.17. The molecular formula is C19H21ClN4O3. The Hall–Kier alpha value is -2.61. The van der Waals surface area contributed by atoms with E-state index in [9.17, 15) is 9.59 Å². The molecule has 142 valence electrons. The number of benzene rings is 2. The zero-order chi connectivity index (χ0) is 19.2. The third-order valence-corrected chi connectivity index (χ3v) is 4.36. The number of urea groups is 1. The van der Waals surface area contributed by atoms with Gasteiger partial charge < -0.3 is 26.0 Å². The summed E-state index contributed by atoms with van der Waals surface area (Å²) >= 11 is 5.82. The van der Waals surface area contributed by atoms with Crippen molar-refractivity contribution in [3.63, 3.8) is 0 Å². The van der Waals surface area contributed by atoms with E-state index in [4.69, 9.17) is 16.3 Å². The maximum atomic E-state index is 12.3. The number of morpholine rings is 1. The summed E-state index contributed by atoms with van der Waals surface area (Å²) in [5.74, 6) is -0.150. The fraction of sp³-hybridized carbons (Fsp3) is 0.263. The summed E-state index contributed by atoms with van der Waals surface area (Å²) in [6.07, 6.45) is -0.184. The molecule has 8 heteroatoms. The number of halogens is 1. The largest absolute Gasteiger partial charge is 0.375 e. The van der Waals surface area contributed by atoms with Gasteiger partial charge in [0.2, 0.25) is 5.91 Å². The van der Waals surface area contributed by atoms with Gasteiger partial charge in [-0.1, -0.05) is 11.6 Å². The standard InChI is InChI=1S/C19H21ClN4O3/c1-12-17(21-10-11-27-12)18(25)22-14-6-8-16(9-7-14)24-19(26)23-15-4-2-13(20)3-5-15/h2-9,12,17,21H,10-11H2,1H3,(H,22,25)(H2,23,24,26)/t12-,17+/m1/s1. The molecule has 3 rings (SSSR count). The van der Waals surface area contributed by atoms with E-state index in [1.54, 1.807) is 48.5 Å². The van der Waals surface area contributed by atoms with Gasteiger partial charge in [-0.25, -0.2) is 4.79 Å². The molecule has 0 spiro atoms. The monoisotopic (exact) mass is 388 g/mol. The van der Waals surface area contributed by atoms with Gasteiger partial charge in [0.1, 0.15) is 6.04 Å². The van der Waals surface area contributed by atoms with Gasteiger partial charge in [0.05, 0.1) is 12.7 Å². The highest BCUT2D eigenvalue weighted by Gasteiger charge is 2.28. The van der Waals surface area contributed by atoms with Crippen LogP contribution in [0.25, 0.3) is 0 Å². The molecule has 1 saturated heterocycles. The van der Waals surface area contributed by atoms with Gasteiger partial charge in [-0.15, -0.1) is 0 Å². The van der Waals surface area contributed by atoms with Crippen molar-refractivity contribution >= 4 is 40.6 Å². The summed E-state index contributed by atoms with van der Waals surface area (Å²) in [4.78, 5) is 24.4. The summed E-state index contributed by atoms with van der Waals surface area (Å²) in [6, 6.07) is 12.9. The molecule has 1 aliphatic rings. The average molecular weight is 389 g/mol. The molecule has 2 aromatic carbocycles. The smallest absolute Gasteiger partial charge is 0.323 e. The van der Waals surface area contributed by atoms with Crippen molar-refractivity contribution in [1.82, 2.24) is 5.32 Å². The van der Waals surface area contributed by atoms with Crippen LogP contribution < -0.4 is 21.3 Å².